The predicted octanol–water partition coefficient (Wildman–Crippen LogP) is 5.38. The van der Waals surface area contributed by atoms with Crippen LogP contribution in [0.15, 0.2) is 24.3 Å². The molecule has 1 aromatic rings. The van der Waals surface area contributed by atoms with Crippen molar-refractivity contribution in [3.8, 4) is 0 Å². The van der Waals surface area contributed by atoms with Crippen LogP contribution in [0.2, 0.25) is 0 Å². The topological polar surface area (TPSA) is 129 Å². The van der Waals surface area contributed by atoms with Crippen LogP contribution in [0.4, 0.5) is 0 Å². The summed E-state index contributed by atoms with van der Waals surface area (Å²) in [4.78, 5) is 20.8. The molecule has 0 heterocycles. The lowest BCUT2D eigenvalue weighted by atomic mass is 10.1. The first-order valence-corrected chi connectivity index (χ1v) is 15.0. The van der Waals surface area contributed by atoms with Crippen molar-refractivity contribution in [2.75, 3.05) is 30.4 Å². The summed E-state index contributed by atoms with van der Waals surface area (Å²) in [6.07, 6.45) is 11.5. The van der Waals surface area contributed by atoms with Gasteiger partial charge in [-0.15, -0.1) is 0 Å². The van der Waals surface area contributed by atoms with Crippen LogP contribution in [0, 0.1) is 0 Å². The first-order chi connectivity index (χ1) is 14.5. The second kappa shape index (κ2) is 15.3. The number of benzene rings is 1. The average Bonchev–Trinajstić information content (AvgIpc) is 2.72. The summed E-state index contributed by atoms with van der Waals surface area (Å²) in [5.74, 6) is -2.28. The zero-order chi connectivity index (χ0) is 23.9. The summed E-state index contributed by atoms with van der Waals surface area (Å²) in [5.41, 5.74) is -0.0372. The van der Waals surface area contributed by atoms with Gasteiger partial charge in [0.2, 0.25) is 0 Å². The van der Waals surface area contributed by atoms with Crippen LogP contribution in [0.25, 0.3) is 0 Å². The fourth-order valence-electron chi connectivity index (χ4n) is 3.25. The Bertz CT molecular complexity index is 727. The number of carboxylic acid groups (broad SMARTS) is 2. The number of aromatic carboxylic acids is 2. The Hall–Kier alpha value is -1.50. The molecule has 0 aromatic heterocycles. The highest BCUT2D eigenvalue weighted by Gasteiger charge is 2.36. The van der Waals surface area contributed by atoms with Gasteiger partial charge in [0, 0.05) is 7.26 Å². The van der Waals surface area contributed by atoms with Gasteiger partial charge in [0.1, 0.15) is 5.75 Å². The number of hydrogen-bond donors (Lipinski definition) is 3. The number of hydrogen-bond acceptors (Lipinski definition) is 4. The first-order valence-electron chi connectivity index (χ1n) is 10.9. The molecule has 0 radical (unpaired) electrons. The largest absolute Gasteiger partial charge is 0.478 e. The third kappa shape index (κ3) is 13.5. The molecule has 0 aliphatic carbocycles. The van der Waals surface area contributed by atoms with Crippen molar-refractivity contribution in [2.45, 2.75) is 59.3 Å². The van der Waals surface area contributed by atoms with Gasteiger partial charge >= 0.3 is 11.9 Å². The van der Waals surface area contributed by atoms with E-state index in [4.69, 9.17) is 14.8 Å². The Kier molecular flexibility index (Phi) is 14.6. The maximum Gasteiger partial charge on any atom is 0.335 e. The van der Waals surface area contributed by atoms with E-state index in [2.05, 4.69) is 20.8 Å². The van der Waals surface area contributed by atoms with Gasteiger partial charge in [-0.1, -0.05) is 46.1 Å². The Morgan fingerprint density at radius 1 is 0.806 bits per heavy atom. The minimum Gasteiger partial charge on any atom is -0.478 e. The highest BCUT2D eigenvalue weighted by atomic mass is 32.2. The van der Waals surface area contributed by atoms with E-state index in [-0.39, 0.29) is 16.9 Å². The van der Waals surface area contributed by atoms with Gasteiger partial charge in [0.25, 0.3) is 10.1 Å². The van der Waals surface area contributed by atoms with E-state index in [9.17, 15) is 18.0 Å². The summed E-state index contributed by atoms with van der Waals surface area (Å²) < 4.78 is 31.2. The lowest BCUT2D eigenvalue weighted by molar-refractivity contribution is 0.0696. The normalized spacial score (nSPS) is 11.5. The van der Waals surface area contributed by atoms with E-state index >= 15 is 0 Å². The molecular formula is C22H38O7PS+. The minimum atomic E-state index is -3.80. The van der Waals surface area contributed by atoms with Crippen molar-refractivity contribution < 1.29 is 32.8 Å². The second-order valence-electron chi connectivity index (χ2n) is 7.77. The highest BCUT2D eigenvalue weighted by Crippen LogP contribution is 2.60. The van der Waals surface area contributed by atoms with Crippen LogP contribution in [0.5, 0.6) is 0 Å². The van der Waals surface area contributed by atoms with Crippen LogP contribution in [0.3, 0.4) is 0 Å². The molecule has 0 spiro atoms. The van der Waals surface area contributed by atoms with Crippen molar-refractivity contribution >= 4 is 29.3 Å². The smallest absolute Gasteiger partial charge is 0.335 e. The molecule has 0 aliphatic rings. The molecule has 0 saturated heterocycles. The molecule has 0 saturated carbocycles. The molecule has 7 nitrogen and oxygen atoms in total. The molecule has 3 N–H and O–H groups in total. The summed E-state index contributed by atoms with van der Waals surface area (Å²) in [5, 5.41) is 17.0. The Morgan fingerprint density at radius 3 is 1.48 bits per heavy atom. The lowest BCUT2D eigenvalue weighted by Crippen LogP contribution is -2.18. The van der Waals surface area contributed by atoms with E-state index in [1.807, 2.05) is 0 Å². The predicted molar refractivity (Wildman–Crippen MR) is 128 cm³/mol. The van der Waals surface area contributed by atoms with Crippen LogP contribution in [-0.4, -0.2) is 65.5 Å². The van der Waals surface area contributed by atoms with E-state index in [0.29, 0.717) is 0 Å². The summed E-state index contributed by atoms with van der Waals surface area (Å²) in [6, 6.07) is 5.20. The maximum atomic E-state index is 11.1. The highest BCUT2D eigenvalue weighted by molar-refractivity contribution is 7.87. The van der Waals surface area contributed by atoms with Crippen LogP contribution in [-0.2, 0) is 10.1 Å². The molecular weight excluding hydrogens is 439 g/mol. The monoisotopic (exact) mass is 477 g/mol. The molecule has 0 atom stereocenters. The number of carbonyl (C=O) groups is 2. The summed E-state index contributed by atoms with van der Waals surface area (Å²) >= 11 is 0. The minimum absolute atomic E-state index is 0.0186. The van der Waals surface area contributed by atoms with Gasteiger partial charge in [-0.05, 0) is 37.5 Å². The molecule has 0 amide bonds. The van der Waals surface area contributed by atoms with Crippen molar-refractivity contribution in [1.82, 2.24) is 0 Å². The molecule has 31 heavy (non-hydrogen) atoms. The third-order valence-electron chi connectivity index (χ3n) is 5.14. The van der Waals surface area contributed by atoms with Crippen LogP contribution in [0.1, 0.15) is 80.0 Å². The summed E-state index contributed by atoms with van der Waals surface area (Å²) in [7, 11) is -4.99. The molecule has 178 valence electrons. The van der Waals surface area contributed by atoms with Gasteiger partial charge < -0.3 is 10.2 Å². The lowest BCUT2D eigenvalue weighted by Gasteiger charge is -2.27. The van der Waals surface area contributed by atoms with Crippen LogP contribution >= 0.6 is 7.26 Å². The third-order valence-corrected chi connectivity index (χ3v) is 11.1. The number of unbranched alkanes of at least 4 members (excludes halogenated alkanes) is 3. The van der Waals surface area contributed by atoms with Crippen molar-refractivity contribution in [3.63, 3.8) is 0 Å². The Balaban J connectivity index is 0.000000639. The fourth-order valence-corrected chi connectivity index (χ4v) is 10.0. The van der Waals surface area contributed by atoms with E-state index < -0.39 is 29.3 Å². The summed E-state index contributed by atoms with van der Waals surface area (Å²) in [6.45, 7) is 6.57. The van der Waals surface area contributed by atoms with Crippen molar-refractivity contribution in [1.29, 1.82) is 0 Å². The van der Waals surface area contributed by atoms with Gasteiger partial charge in [0.15, 0.2) is 0 Å². The van der Waals surface area contributed by atoms with Gasteiger partial charge in [-0.25, -0.2) is 9.59 Å². The van der Waals surface area contributed by atoms with Crippen molar-refractivity contribution in [2.24, 2.45) is 0 Å². The quantitative estimate of drug-likeness (QED) is 0.242. The zero-order valence-electron chi connectivity index (χ0n) is 18.9. The van der Waals surface area contributed by atoms with Crippen LogP contribution < -0.4 is 0 Å². The molecule has 0 bridgehead atoms. The Labute approximate surface area is 187 Å². The standard InChI is InChI=1S/C14H31O3PS.C8H6O4/c1-4-7-10-18(11-8-5-2,12-9-6-3)13-14-19(15,16)17;9-7(10)5-2-1-3-6(4-5)8(11)12/h4-14H2,1-3H3;1-4H,(H,9,10)(H,11,12)/p+1. The Morgan fingerprint density at radius 2 is 1.19 bits per heavy atom. The molecule has 1 rings (SSSR count). The second-order valence-corrected chi connectivity index (χ2v) is 13.8. The first kappa shape index (κ1) is 29.5. The molecule has 0 fully saturated rings. The molecule has 9 heteroatoms. The zero-order valence-corrected chi connectivity index (χ0v) is 20.6. The average molecular weight is 478 g/mol. The SMILES string of the molecule is CCCC[P+](CCCC)(CCCC)CCS(=O)(=O)O.O=C(O)c1cccc(C(=O)O)c1. The number of carboxylic acids is 2. The van der Waals surface area contributed by atoms with E-state index in [1.165, 1.54) is 75.2 Å². The molecule has 0 aliphatic heterocycles. The molecule has 0 unspecified atom stereocenters. The maximum absolute atomic E-state index is 11.1. The number of rotatable bonds is 14. The van der Waals surface area contributed by atoms with E-state index in [1.54, 1.807) is 0 Å². The van der Waals surface area contributed by atoms with Gasteiger partial charge in [-0.2, -0.15) is 8.42 Å². The molecule has 1 aromatic carbocycles. The fraction of sp³-hybridized carbons (Fsp3) is 0.636. The van der Waals surface area contributed by atoms with E-state index in [0.717, 1.165) is 12.2 Å². The van der Waals surface area contributed by atoms with Crippen molar-refractivity contribution in [3.05, 3.63) is 35.4 Å². The van der Waals surface area contributed by atoms with Gasteiger partial charge in [-0.3, -0.25) is 4.55 Å². The van der Waals surface area contributed by atoms with Gasteiger partial charge in [0.05, 0.1) is 35.8 Å².